The van der Waals surface area contributed by atoms with E-state index in [1.165, 1.54) is 6.07 Å². The van der Waals surface area contributed by atoms with Gasteiger partial charge in [0.05, 0.1) is 4.92 Å². The fraction of sp³-hybridized carbons (Fsp3) is 0.273. The van der Waals surface area contributed by atoms with Crippen LogP contribution in [0.4, 0.5) is 5.69 Å². The Balaban J connectivity index is 3.06. The number of benzene rings is 1. The van der Waals surface area contributed by atoms with Crippen LogP contribution in [0.15, 0.2) is 18.2 Å². The Kier molecular flexibility index (Phi) is 4.32. The zero-order valence-electron chi connectivity index (χ0n) is 8.29. The van der Waals surface area contributed by atoms with Gasteiger partial charge in [0, 0.05) is 28.9 Å². The van der Waals surface area contributed by atoms with Gasteiger partial charge in [-0.25, -0.2) is 0 Å². The fourth-order valence-electron chi connectivity index (χ4n) is 1.16. The summed E-state index contributed by atoms with van der Waals surface area (Å²) in [6.07, 6.45) is 0.738. The fourth-order valence-corrected chi connectivity index (χ4v) is 1.36. The molecular weight excluding hydrogens is 258 g/mol. The van der Waals surface area contributed by atoms with Crippen molar-refractivity contribution in [3.8, 4) is 11.8 Å². The van der Waals surface area contributed by atoms with Crippen LogP contribution in [-0.4, -0.2) is 10.3 Å². The van der Waals surface area contributed by atoms with E-state index >= 15 is 0 Å². The highest BCUT2D eigenvalue weighted by atomic mass is 79.9. The number of nitro groups is 1. The van der Waals surface area contributed by atoms with E-state index in [1.807, 2.05) is 0 Å². The predicted molar refractivity (Wildman–Crippen MR) is 63.1 cm³/mol. The summed E-state index contributed by atoms with van der Waals surface area (Å²) < 4.78 is 0. The minimum atomic E-state index is -0.384. The first-order valence-corrected chi connectivity index (χ1v) is 5.58. The lowest BCUT2D eigenvalue weighted by atomic mass is 10.1. The first kappa shape index (κ1) is 11.7. The molecule has 1 rings (SSSR count). The molecular formula is C11H10BrNO2. The van der Waals surface area contributed by atoms with Gasteiger partial charge in [-0.1, -0.05) is 33.8 Å². The monoisotopic (exact) mass is 267 g/mol. The number of nitrogens with zero attached hydrogens (tertiary/aromatic N) is 1. The maximum Gasteiger partial charge on any atom is 0.273 e. The molecule has 0 saturated carbocycles. The molecule has 78 valence electrons. The van der Waals surface area contributed by atoms with Gasteiger partial charge in [-0.3, -0.25) is 10.1 Å². The zero-order valence-corrected chi connectivity index (χ0v) is 9.87. The van der Waals surface area contributed by atoms with Crippen molar-refractivity contribution >= 4 is 21.6 Å². The van der Waals surface area contributed by atoms with Crippen LogP contribution in [0.5, 0.6) is 0 Å². The Morgan fingerprint density at radius 2 is 2.27 bits per heavy atom. The summed E-state index contributed by atoms with van der Waals surface area (Å²) in [5.74, 6) is 5.86. The van der Waals surface area contributed by atoms with Crippen LogP contribution in [0.25, 0.3) is 0 Å². The SMILES string of the molecule is Cc1c(C#CCCBr)cccc1[N+](=O)[O-]. The second kappa shape index (κ2) is 5.52. The smallest absolute Gasteiger partial charge is 0.258 e. The average molecular weight is 268 g/mol. The van der Waals surface area contributed by atoms with Gasteiger partial charge in [-0.15, -0.1) is 0 Å². The molecule has 0 aliphatic heterocycles. The molecule has 0 heterocycles. The van der Waals surface area contributed by atoms with Gasteiger partial charge in [0.2, 0.25) is 0 Å². The highest BCUT2D eigenvalue weighted by molar-refractivity contribution is 9.09. The standard InChI is InChI=1S/C11H10BrNO2/c1-9-10(5-2-3-8-12)6-4-7-11(9)13(14)15/h4,6-7H,3,8H2,1H3. The van der Waals surface area contributed by atoms with Crippen molar-refractivity contribution in [3.05, 3.63) is 39.4 Å². The molecule has 0 N–H and O–H groups in total. The number of halogens is 1. The molecule has 0 aromatic heterocycles. The Morgan fingerprint density at radius 3 is 2.87 bits per heavy atom. The summed E-state index contributed by atoms with van der Waals surface area (Å²) in [7, 11) is 0. The van der Waals surface area contributed by atoms with Crippen molar-refractivity contribution in [1.82, 2.24) is 0 Å². The van der Waals surface area contributed by atoms with E-state index in [4.69, 9.17) is 0 Å². The lowest BCUT2D eigenvalue weighted by Crippen LogP contribution is -1.93. The first-order valence-electron chi connectivity index (χ1n) is 4.45. The number of rotatable bonds is 2. The van der Waals surface area contributed by atoms with Gasteiger partial charge >= 0.3 is 0 Å². The Labute approximate surface area is 96.8 Å². The summed E-state index contributed by atoms with van der Waals surface area (Å²) in [6.45, 7) is 1.72. The molecule has 0 saturated heterocycles. The highest BCUT2D eigenvalue weighted by Crippen LogP contribution is 2.20. The minimum Gasteiger partial charge on any atom is -0.258 e. The summed E-state index contributed by atoms with van der Waals surface area (Å²) >= 11 is 3.27. The van der Waals surface area contributed by atoms with Crippen molar-refractivity contribution in [2.75, 3.05) is 5.33 Å². The molecule has 0 aliphatic rings. The summed E-state index contributed by atoms with van der Waals surface area (Å²) in [4.78, 5) is 10.3. The molecule has 1 aromatic carbocycles. The van der Waals surface area contributed by atoms with E-state index < -0.39 is 0 Å². The summed E-state index contributed by atoms with van der Waals surface area (Å²) in [5.41, 5.74) is 1.48. The normalized spacial score (nSPS) is 9.20. The van der Waals surface area contributed by atoms with Crippen molar-refractivity contribution in [3.63, 3.8) is 0 Å². The highest BCUT2D eigenvalue weighted by Gasteiger charge is 2.11. The van der Waals surface area contributed by atoms with Gasteiger partial charge in [-0.2, -0.15) is 0 Å². The minimum absolute atomic E-state index is 0.126. The Bertz CT molecular complexity index is 432. The van der Waals surface area contributed by atoms with Gasteiger partial charge < -0.3 is 0 Å². The molecule has 3 nitrogen and oxygen atoms in total. The molecule has 4 heteroatoms. The molecule has 0 radical (unpaired) electrons. The second-order valence-corrected chi connectivity index (χ2v) is 3.74. The topological polar surface area (TPSA) is 43.1 Å². The predicted octanol–water partition coefficient (Wildman–Crippen LogP) is 3.04. The maximum atomic E-state index is 10.7. The van der Waals surface area contributed by atoms with Gasteiger partial charge in [0.25, 0.3) is 5.69 Å². The molecule has 0 aliphatic carbocycles. The third-order valence-corrected chi connectivity index (χ3v) is 2.34. The third kappa shape index (κ3) is 3.07. The van der Waals surface area contributed by atoms with Crippen LogP contribution < -0.4 is 0 Å². The van der Waals surface area contributed by atoms with E-state index in [0.29, 0.717) is 5.56 Å². The molecule has 0 unspecified atom stereocenters. The van der Waals surface area contributed by atoms with Crippen LogP contribution in [-0.2, 0) is 0 Å². The Hall–Kier alpha value is -1.34. The van der Waals surface area contributed by atoms with Crippen LogP contribution in [0.3, 0.4) is 0 Å². The van der Waals surface area contributed by atoms with E-state index in [1.54, 1.807) is 19.1 Å². The molecule has 0 atom stereocenters. The number of alkyl halides is 1. The van der Waals surface area contributed by atoms with Crippen molar-refractivity contribution in [1.29, 1.82) is 0 Å². The van der Waals surface area contributed by atoms with Crippen LogP contribution >= 0.6 is 15.9 Å². The van der Waals surface area contributed by atoms with E-state index in [9.17, 15) is 10.1 Å². The van der Waals surface area contributed by atoms with Crippen LogP contribution in [0, 0.1) is 28.9 Å². The van der Waals surface area contributed by atoms with E-state index in [0.717, 1.165) is 17.3 Å². The summed E-state index contributed by atoms with van der Waals surface area (Å²) in [5, 5.41) is 11.5. The maximum absolute atomic E-state index is 10.7. The zero-order chi connectivity index (χ0) is 11.3. The third-order valence-electron chi connectivity index (χ3n) is 1.94. The number of hydrogen-bond donors (Lipinski definition) is 0. The van der Waals surface area contributed by atoms with Crippen molar-refractivity contribution in [2.45, 2.75) is 13.3 Å². The molecule has 1 aromatic rings. The quantitative estimate of drug-likeness (QED) is 0.358. The van der Waals surface area contributed by atoms with E-state index in [2.05, 4.69) is 27.8 Å². The Morgan fingerprint density at radius 1 is 1.53 bits per heavy atom. The molecule has 15 heavy (non-hydrogen) atoms. The largest absolute Gasteiger partial charge is 0.273 e. The molecule has 0 spiro atoms. The second-order valence-electron chi connectivity index (χ2n) is 2.95. The molecule has 0 bridgehead atoms. The van der Waals surface area contributed by atoms with Crippen molar-refractivity contribution in [2.24, 2.45) is 0 Å². The summed E-state index contributed by atoms with van der Waals surface area (Å²) in [6, 6.07) is 4.94. The van der Waals surface area contributed by atoms with Crippen LogP contribution in [0.2, 0.25) is 0 Å². The number of nitro benzene ring substituents is 1. The number of hydrogen-bond acceptors (Lipinski definition) is 2. The average Bonchev–Trinajstić information content (AvgIpc) is 2.20. The van der Waals surface area contributed by atoms with Crippen LogP contribution in [0.1, 0.15) is 17.5 Å². The van der Waals surface area contributed by atoms with E-state index in [-0.39, 0.29) is 10.6 Å². The van der Waals surface area contributed by atoms with Crippen molar-refractivity contribution < 1.29 is 4.92 Å². The molecule has 0 fully saturated rings. The van der Waals surface area contributed by atoms with Gasteiger partial charge in [-0.05, 0) is 13.0 Å². The molecule has 0 amide bonds. The lowest BCUT2D eigenvalue weighted by Gasteiger charge is -1.98. The first-order chi connectivity index (χ1) is 7.16. The lowest BCUT2D eigenvalue weighted by molar-refractivity contribution is -0.385. The van der Waals surface area contributed by atoms with Gasteiger partial charge in [0.15, 0.2) is 0 Å². The van der Waals surface area contributed by atoms with Gasteiger partial charge in [0.1, 0.15) is 0 Å².